The molecule has 0 aliphatic rings. The Hall–Kier alpha value is -2.44. The smallest absolute Gasteiger partial charge is 0.329 e. The summed E-state index contributed by atoms with van der Waals surface area (Å²) in [5.74, 6) is -1.74. The highest BCUT2D eigenvalue weighted by molar-refractivity contribution is 5.98. The Morgan fingerprint density at radius 1 is 1.14 bits per heavy atom. The predicted octanol–water partition coefficient (Wildman–Crippen LogP) is 2.21. The summed E-state index contributed by atoms with van der Waals surface area (Å²) in [6.45, 7) is 6.55. The van der Waals surface area contributed by atoms with Crippen LogP contribution in [0.3, 0.4) is 0 Å². The lowest BCUT2D eigenvalue weighted by molar-refractivity contribution is -0.384. The number of nitrogens with zero attached hydrogens (tertiary/aromatic N) is 1. The Morgan fingerprint density at radius 3 is 1.95 bits per heavy atom. The van der Waals surface area contributed by atoms with Crippen LogP contribution in [0.4, 0.5) is 5.69 Å². The van der Waals surface area contributed by atoms with Crippen molar-refractivity contribution in [2.24, 2.45) is 5.41 Å². The highest BCUT2D eigenvalue weighted by Crippen LogP contribution is 2.30. The highest BCUT2D eigenvalue weighted by Gasteiger charge is 2.45. The van der Waals surface area contributed by atoms with Crippen LogP contribution in [0.15, 0.2) is 24.3 Å². The average Bonchev–Trinajstić information content (AvgIpc) is 2.37. The molecule has 1 rings (SSSR count). The molecule has 0 radical (unpaired) electrons. The van der Waals surface area contributed by atoms with Gasteiger partial charge < -0.3 is 10.4 Å². The Balaban J connectivity index is 3.03. The summed E-state index contributed by atoms with van der Waals surface area (Å²) < 4.78 is 0. The van der Waals surface area contributed by atoms with Gasteiger partial charge in [0.2, 0.25) is 0 Å². The van der Waals surface area contributed by atoms with E-state index in [0.29, 0.717) is 0 Å². The average molecular weight is 294 g/mol. The fraction of sp³-hybridized carbons (Fsp3) is 0.429. The van der Waals surface area contributed by atoms with Crippen molar-refractivity contribution in [1.29, 1.82) is 0 Å². The number of carboxylic acid groups (broad SMARTS) is 1. The third-order valence-corrected chi connectivity index (χ3v) is 3.63. The Bertz CT molecular complexity index is 574. The second-order valence-electron chi connectivity index (χ2n) is 5.94. The number of hydrogen-bond acceptors (Lipinski definition) is 4. The van der Waals surface area contributed by atoms with E-state index in [9.17, 15) is 24.8 Å². The van der Waals surface area contributed by atoms with Gasteiger partial charge in [0.15, 0.2) is 0 Å². The van der Waals surface area contributed by atoms with Crippen LogP contribution in [-0.4, -0.2) is 27.4 Å². The Morgan fingerprint density at radius 2 is 1.62 bits per heavy atom. The number of carbonyl (C=O) groups excluding carboxylic acids is 1. The number of nitrogens with one attached hydrogen (secondary N) is 1. The molecule has 7 heteroatoms. The van der Waals surface area contributed by atoms with Gasteiger partial charge in [-0.3, -0.25) is 14.9 Å². The van der Waals surface area contributed by atoms with Crippen LogP contribution in [0.1, 0.15) is 38.1 Å². The molecule has 0 saturated heterocycles. The highest BCUT2D eigenvalue weighted by atomic mass is 16.6. The molecule has 21 heavy (non-hydrogen) atoms. The van der Waals surface area contributed by atoms with E-state index in [1.54, 1.807) is 20.8 Å². The molecule has 1 aromatic rings. The van der Waals surface area contributed by atoms with Crippen LogP contribution in [0.2, 0.25) is 0 Å². The first-order valence-electron chi connectivity index (χ1n) is 6.29. The van der Waals surface area contributed by atoms with Crippen molar-refractivity contribution in [3.8, 4) is 0 Å². The zero-order chi connectivity index (χ0) is 16.4. The first-order valence-corrected chi connectivity index (χ1v) is 6.29. The standard InChI is InChI=1S/C14H18N2O5/c1-13(2,3)14(4,12(18)19)15-11(17)9-5-7-10(8-6-9)16(20)21/h5-8H,1-4H3,(H,15,17)(H,18,19)/t14-/m1/s1. The minimum absolute atomic E-state index is 0.136. The van der Waals surface area contributed by atoms with E-state index in [-0.39, 0.29) is 11.3 Å². The molecule has 0 saturated carbocycles. The molecular formula is C14H18N2O5. The van der Waals surface area contributed by atoms with Crippen LogP contribution in [0.25, 0.3) is 0 Å². The number of hydrogen-bond donors (Lipinski definition) is 2. The van der Waals surface area contributed by atoms with Crippen molar-refractivity contribution in [3.63, 3.8) is 0 Å². The molecule has 7 nitrogen and oxygen atoms in total. The first kappa shape index (κ1) is 16.6. The van der Waals surface area contributed by atoms with Crippen LogP contribution < -0.4 is 5.32 Å². The maximum Gasteiger partial charge on any atom is 0.329 e. The molecular weight excluding hydrogens is 276 g/mol. The Labute approximate surface area is 122 Å². The van der Waals surface area contributed by atoms with Gasteiger partial charge in [0.1, 0.15) is 5.54 Å². The molecule has 1 aromatic carbocycles. The van der Waals surface area contributed by atoms with Crippen LogP contribution >= 0.6 is 0 Å². The minimum atomic E-state index is -1.47. The number of carbonyl (C=O) groups is 2. The van der Waals surface area contributed by atoms with E-state index in [4.69, 9.17) is 0 Å². The summed E-state index contributed by atoms with van der Waals surface area (Å²) in [7, 11) is 0. The predicted molar refractivity (Wildman–Crippen MR) is 76.1 cm³/mol. The molecule has 1 amide bonds. The SMILES string of the molecule is CC(C)(C)[C@](C)(NC(=O)c1ccc([N+](=O)[O-])cc1)C(=O)O. The molecule has 0 fully saturated rings. The van der Waals surface area contributed by atoms with Gasteiger partial charge in [0.25, 0.3) is 11.6 Å². The lowest BCUT2D eigenvalue weighted by Gasteiger charge is -2.38. The maximum absolute atomic E-state index is 12.1. The molecule has 0 aliphatic carbocycles. The van der Waals surface area contributed by atoms with Crippen molar-refractivity contribution in [2.75, 3.05) is 0 Å². The van der Waals surface area contributed by atoms with E-state index in [1.165, 1.54) is 31.2 Å². The molecule has 2 N–H and O–H groups in total. The second-order valence-corrected chi connectivity index (χ2v) is 5.94. The van der Waals surface area contributed by atoms with Crippen LogP contribution in [0, 0.1) is 15.5 Å². The molecule has 114 valence electrons. The van der Waals surface area contributed by atoms with Gasteiger partial charge in [-0.15, -0.1) is 0 Å². The van der Waals surface area contributed by atoms with Gasteiger partial charge in [-0.2, -0.15) is 0 Å². The van der Waals surface area contributed by atoms with Gasteiger partial charge in [0.05, 0.1) is 4.92 Å². The maximum atomic E-state index is 12.1. The lowest BCUT2D eigenvalue weighted by Crippen LogP contribution is -2.60. The number of nitro benzene ring substituents is 1. The number of amides is 1. The van der Waals surface area contributed by atoms with Crippen molar-refractivity contribution >= 4 is 17.6 Å². The monoisotopic (exact) mass is 294 g/mol. The summed E-state index contributed by atoms with van der Waals surface area (Å²) in [5.41, 5.74) is -2.15. The summed E-state index contributed by atoms with van der Waals surface area (Å²) in [6.07, 6.45) is 0. The number of aliphatic carboxylic acids is 1. The van der Waals surface area contributed by atoms with Gasteiger partial charge in [0, 0.05) is 17.7 Å². The summed E-state index contributed by atoms with van der Waals surface area (Å²) in [6, 6.07) is 4.98. The van der Waals surface area contributed by atoms with Crippen molar-refractivity contribution in [1.82, 2.24) is 5.32 Å². The zero-order valence-corrected chi connectivity index (χ0v) is 12.3. The van der Waals surface area contributed by atoms with Crippen molar-refractivity contribution in [2.45, 2.75) is 33.2 Å². The zero-order valence-electron chi connectivity index (χ0n) is 12.3. The van der Waals surface area contributed by atoms with Crippen molar-refractivity contribution < 1.29 is 19.6 Å². The molecule has 0 heterocycles. The fourth-order valence-corrected chi connectivity index (χ4v) is 1.60. The molecule has 0 unspecified atom stereocenters. The third kappa shape index (κ3) is 3.36. The van der Waals surface area contributed by atoms with Gasteiger partial charge in [-0.25, -0.2) is 4.79 Å². The van der Waals surface area contributed by atoms with E-state index < -0.39 is 27.8 Å². The van der Waals surface area contributed by atoms with E-state index in [2.05, 4.69) is 5.32 Å². The lowest BCUT2D eigenvalue weighted by atomic mass is 9.74. The summed E-state index contributed by atoms with van der Waals surface area (Å²) in [5, 5.41) is 22.4. The number of non-ortho nitro benzene ring substituents is 1. The van der Waals surface area contributed by atoms with Crippen LogP contribution in [0.5, 0.6) is 0 Å². The summed E-state index contributed by atoms with van der Waals surface area (Å²) in [4.78, 5) is 33.6. The van der Waals surface area contributed by atoms with E-state index in [0.717, 1.165) is 0 Å². The minimum Gasteiger partial charge on any atom is -0.479 e. The number of benzene rings is 1. The number of carboxylic acids is 1. The molecule has 0 aliphatic heterocycles. The molecule has 0 bridgehead atoms. The Kier molecular flexibility index (Phi) is 4.36. The largest absolute Gasteiger partial charge is 0.479 e. The second kappa shape index (κ2) is 5.51. The normalized spacial score (nSPS) is 14.1. The third-order valence-electron chi connectivity index (χ3n) is 3.63. The molecule has 1 atom stereocenters. The topological polar surface area (TPSA) is 110 Å². The number of rotatable bonds is 4. The van der Waals surface area contributed by atoms with Crippen molar-refractivity contribution in [3.05, 3.63) is 39.9 Å². The van der Waals surface area contributed by atoms with E-state index >= 15 is 0 Å². The van der Waals surface area contributed by atoms with Gasteiger partial charge in [-0.1, -0.05) is 20.8 Å². The van der Waals surface area contributed by atoms with Crippen LogP contribution in [-0.2, 0) is 4.79 Å². The summed E-state index contributed by atoms with van der Waals surface area (Å²) >= 11 is 0. The fourth-order valence-electron chi connectivity index (χ4n) is 1.60. The quantitative estimate of drug-likeness (QED) is 0.653. The number of nitro groups is 1. The first-order chi connectivity index (χ1) is 9.49. The van der Waals surface area contributed by atoms with E-state index in [1.807, 2.05) is 0 Å². The molecule has 0 aromatic heterocycles. The van der Waals surface area contributed by atoms with Gasteiger partial charge in [-0.05, 0) is 24.5 Å². The molecule has 0 spiro atoms. The van der Waals surface area contributed by atoms with Gasteiger partial charge >= 0.3 is 5.97 Å².